The largest absolute Gasteiger partial charge is 0.340 e. The maximum absolute atomic E-state index is 12.5. The topological polar surface area (TPSA) is 78.9 Å². The van der Waals surface area contributed by atoms with Gasteiger partial charge in [0.05, 0.1) is 0 Å². The fraction of sp³-hybridized carbons (Fsp3) is 0.115. The van der Waals surface area contributed by atoms with Crippen LogP contribution in [0.1, 0.15) is 28.5 Å². The summed E-state index contributed by atoms with van der Waals surface area (Å²) in [7, 11) is 0. The molecule has 160 valence electrons. The Hall–Kier alpha value is -4.19. The average Bonchev–Trinajstić information content (AvgIpc) is 2.81. The Morgan fingerprint density at radius 1 is 0.781 bits per heavy atom. The molecule has 0 spiro atoms. The van der Waals surface area contributed by atoms with E-state index < -0.39 is 0 Å². The average molecular weight is 424 g/mol. The molecule has 0 radical (unpaired) electrons. The van der Waals surface area contributed by atoms with Crippen LogP contribution in [0, 0.1) is 6.92 Å². The quantitative estimate of drug-likeness (QED) is 0.335. The number of carbonyl (C=O) groups excluding carboxylic acids is 1. The van der Waals surface area contributed by atoms with Crippen LogP contribution in [0.25, 0.3) is 0 Å². The van der Waals surface area contributed by atoms with E-state index in [9.17, 15) is 4.79 Å². The molecule has 0 aliphatic rings. The Balaban J connectivity index is 1.41. The van der Waals surface area contributed by atoms with Gasteiger partial charge in [-0.1, -0.05) is 37.3 Å². The summed E-state index contributed by atoms with van der Waals surface area (Å²) in [6, 6.07) is 26.9. The second-order valence-electron chi connectivity index (χ2n) is 7.42. The number of rotatable bonds is 7. The number of aryl methyl sites for hydroxylation is 2. The summed E-state index contributed by atoms with van der Waals surface area (Å²) in [6.45, 7) is 4.02. The van der Waals surface area contributed by atoms with Gasteiger partial charge >= 0.3 is 0 Å². The monoisotopic (exact) mass is 423 g/mol. The van der Waals surface area contributed by atoms with Crippen molar-refractivity contribution in [3.8, 4) is 0 Å². The number of hydrogen-bond donors (Lipinski definition) is 3. The number of aromatic nitrogens is 2. The van der Waals surface area contributed by atoms with Crippen molar-refractivity contribution >= 4 is 34.7 Å². The zero-order valence-electron chi connectivity index (χ0n) is 18.1. The van der Waals surface area contributed by atoms with Crippen LogP contribution in [-0.2, 0) is 6.42 Å². The van der Waals surface area contributed by atoms with Gasteiger partial charge in [0, 0.05) is 34.4 Å². The van der Waals surface area contributed by atoms with E-state index in [0.717, 1.165) is 29.2 Å². The number of carbonyl (C=O) groups is 1. The Bertz CT molecular complexity index is 1190. The van der Waals surface area contributed by atoms with Crippen molar-refractivity contribution in [3.63, 3.8) is 0 Å². The van der Waals surface area contributed by atoms with Gasteiger partial charge in [0.1, 0.15) is 5.82 Å². The van der Waals surface area contributed by atoms with Crippen LogP contribution in [-0.4, -0.2) is 15.9 Å². The molecule has 32 heavy (non-hydrogen) atoms. The van der Waals surface area contributed by atoms with Crippen molar-refractivity contribution in [3.05, 3.63) is 102 Å². The third kappa shape index (κ3) is 5.49. The molecule has 6 nitrogen and oxygen atoms in total. The van der Waals surface area contributed by atoms with Gasteiger partial charge < -0.3 is 16.0 Å². The minimum absolute atomic E-state index is 0.132. The highest BCUT2D eigenvalue weighted by molar-refractivity contribution is 6.04. The first kappa shape index (κ1) is 21.1. The van der Waals surface area contributed by atoms with E-state index in [4.69, 9.17) is 0 Å². The minimum Gasteiger partial charge on any atom is -0.340 e. The number of anilines is 5. The zero-order chi connectivity index (χ0) is 22.3. The summed E-state index contributed by atoms with van der Waals surface area (Å²) >= 11 is 0. The lowest BCUT2D eigenvalue weighted by Crippen LogP contribution is -2.11. The lowest BCUT2D eigenvalue weighted by Gasteiger charge is -2.11. The molecule has 4 rings (SSSR count). The summed E-state index contributed by atoms with van der Waals surface area (Å²) in [5, 5.41) is 9.43. The molecule has 0 saturated carbocycles. The first-order chi connectivity index (χ1) is 15.6. The molecule has 1 heterocycles. The van der Waals surface area contributed by atoms with Crippen molar-refractivity contribution in [2.75, 3.05) is 16.0 Å². The molecular formula is C26H25N5O. The van der Waals surface area contributed by atoms with Gasteiger partial charge in [-0.15, -0.1) is 0 Å². The van der Waals surface area contributed by atoms with Gasteiger partial charge in [-0.25, -0.2) is 4.98 Å². The molecule has 0 aliphatic heterocycles. The minimum atomic E-state index is -0.132. The summed E-state index contributed by atoms with van der Waals surface area (Å²) in [4.78, 5) is 21.5. The molecule has 0 atom stereocenters. The molecule has 6 heteroatoms. The van der Waals surface area contributed by atoms with Crippen LogP contribution >= 0.6 is 0 Å². The normalized spacial score (nSPS) is 10.4. The van der Waals surface area contributed by atoms with Crippen LogP contribution in [0.5, 0.6) is 0 Å². The molecule has 0 aliphatic carbocycles. The summed E-state index contributed by atoms with van der Waals surface area (Å²) in [5.74, 6) is 1.08. The smallest absolute Gasteiger partial charge is 0.255 e. The molecule has 4 aromatic rings. The number of hydrogen-bond acceptors (Lipinski definition) is 5. The SMILES string of the molecule is CCc1ccc(C(=O)Nc2ccc(Nc3nc(C)cc(Nc4ccccc4)n3)cc2)cc1. The third-order valence-electron chi connectivity index (χ3n) is 4.92. The van der Waals surface area contributed by atoms with Gasteiger partial charge in [0.2, 0.25) is 5.95 Å². The highest BCUT2D eigenvalue weighted by Gasteiger charge is 2.07. The predicted octanol–water partition coefficient (Wildman–Crippen LogP) is 6.09. The number of benzene rings is 3. The fourth-order valence-corrected chi connectivity index (χ4v) is 3.22. The Kier molecular flexibility index (Phi) is 6.41. The Labute approximate surface area is 187 Å². The van der Waals surface area contributed by atoms with Crippen LogP contribution in [0.15, 0.2) is 84.9 Å². The first-order valence-corrected chi connectivity index (χ1v) is 10.5. The van der Waals surface area contributed by atoms with Crippen LogP contribution in [0.2, 0.25) is 0 Å². The molecule has 3 N–H and O–H groups in total. The summed E-state index contributed by atoms with van der Waals surface area (Å²) in [5.41, 5.74) is 5.19. The van der Waals surface area contributed by atoms with Gasteiger partial charge in [-0.05, 0) is 67.4 Å². The predicted molar refractivity (Wildman–Crippen MR) is 130 cm³/mol. The highest BCUT2D eigenvalue weighted by Crippen LogP contribution is 2.21. The lowest BCUT2D eigenvalue weighted by molar-refractivity contribution is 0.102. The zero-order valence-corrected chi connectivity index (χ0v) is 18.1. The van der Waals surface area contributed by atoms with Crippen molar-refractivity contribution in [2.24, 2.45) is 0 Å². The molecule has 0 unspecified atom stereocenters. The van der Waals surface area contributed by atoms with Crippen molar-refractivity contribution < 1.29 is 4.79 Å². The molecule has 3 aromatic carbocycles. The second-order valence-corrected chi connectivity index (χ2v) is 7.42. The molecule has 0 bridgehead atoms. The number of nitrogens with zero attached hydrogens (tertiary/aromatic N) is 2. The summed E-state index contributed by atoms with van der Waals surface area (Å²) in [6.07, 6.45) is 0.949. The number of nitrogens with one attached hydrogen (secondary N) is 3. The maximum Gasteiger partial charge on any atom is 0.255 e. The standard InChI is InChI=1S/C26H25N5O/c1-3-19-9-11-20(12-10-19)25(32)29-22-13-15-23(16-14-22)30-26-27-18(2)17-24(31-26)28-21-7-5-4-6-8-21/h4-17H,3H2,1-2H3,(H,29,32)(H2,27,28,30,31). The van der Waals surface area contributed by atoms with Crippen LogP contribution < -0.4 is 16.0 Å². The van der Waals surface area contributed by atoms with E-state index in [2.05, 4.69) is 32.8 Å². The molecule has 0 fully saturated rings. The van der Waals surface area contributed by atoms with E-state index >= 15 is 0 Å². The highest BCUT2D eigenvalue weighted by atomic mass is 16.1. The van der Waals surface area contributed by atoms with E-state index in [1.165, 1.54) is 5.56 Å². The third-order valence-corrected chi connectivity index (χ3v) is 4.92. The van der Waals surface area contributed by atoms with Crippen molar-refractivity contribution in [1.29, 1.82) is 0 Å². The summed E-state index contributed by atoms with van der Waals surface area (Å²) < 4.78 is 0. The van der Waals surface area contributed by atoms with E-state index in [1.807, 2.05) is 91.9 Å². The maximum atomic E-state index is 12.5. The van der Waals surface area contributed by atoms with Gasteiger partial charge in [-0.2, -0.15) is 4.98 Å². The van der Waals surface area contributed by atoms with Gasteiger partial charge in [-0.3, -0.25) is 4.79 Å². The van der Waals surface area contributed by atoms with Gasteiger partial charge in [0.15, 0.2) is 0 Å². The van der Waals surface area contributed by atoms with E-state index in [-0.39, 0.29) is 5.91 Å². The molecular weight excluding hydrogens is 398 g/mol. The van der Waals surface area contributed by atoms with E-state index in [1.54, 1.807) is 0 Å². The molecule has 1 amide bonds. The fourth-order valence-electron chi connectivity index (χ4n) is 3.22. The first-order valence-electron chi connectivity index (χ1n) is 10.5. The number of amides is 1. The molecule has 1 aromatic heterocycles. The number of para-hydroxylation sites is 1. The van der Waals surface area contributed by atoms with Gasteiger partial charge in [0.25, 0.3) is 5.91 Å². The van der Waals surface area contributed by atoms with Crippen molar-refractivity contribution in [2.45, 2.75) is 20.3 Å². The second kappa shape index (κ2) is 9.75. The van der Waals surface area contributed by atoms with E-state index in [0.29, 0.717) is 17.3 Å². The Morgan fingerprint density at radius 2 is 1.44 bits per heavy atom. The van der Waals surface area contributed by atoms with Crippen molar-refractivity contribution in [1.82, 2.24) is 9.97 Å². The van der Waals surface area contributed by atoms with Crippen LogP contribution in [0.3, 0.4) is 0 Å². The van der Waals surface area contributed by atoms with Crippen LogP contribution in [0.4, 0.5) is 28.8 Å². The Morgan fingerprint density at radius 3 is 2.12 bits per heavy atom. The lowest BCUT2D eigenvalue weighted by atomic mass is 10.1. The molecule has 0 saturated heterocycles.